The number of carboxylic acid groups (broad SMARTS) is 1. The fraction of sp³-hybridized carbons (Fsp3) is 0.333. The number of carbonyl (C=O) groups excluding carboxylic acids is 1. The van der Waals surface area contributed by atoms with Crippen molar-refractivity contribution in [3.05, 3.63) is 28.5 Å². The van der Waals surface area contributed by atoms with Crippen molar-refractivity contribution in [1.29, 1.82) is 0 Å². The number of rotatable bonds is 5. The van der Waals surface area contributed by atoms with Gasteiger partial charge in [-0.1, -0.05) is 15.9 Å². The van der Waals surface area contributed by atoms with Crippen molar-refractivity contribution in [2.45, 2.75) is 19.4 Å². The van der Waals surface area contributed by atoms with Crippen molar-refractivity contribution in [3.8, 4) is 0 Å². The molecule has 0 bridgehead atoms. The Hall–Kier alpha value is -1.47. The van der Waals surface area contributed by atoms with E-state index in [4.69, 9.17) is 5.11 Å². The third-order valence-corrected chi connectivity index (χ3v) is 2.92. The fourth-order valence-electron chi connectivity index (χ4n) is 1.16. The number of benzene rings is 1. The lowest BCUT2D eigenvalue weighted by atomic mass is 10.1. The Morgan fingerprint density at radius 3 is 2.58 bits per heavy atom. The van der Waals surface area contributed by atoms with Crippen LogP contribution in [0, 0.1) is 5.82 Å². The molecule has 0 unspecified atom stereocenters. The van der Waals surface area contributed by atoms with Crippen molar-refractivity contribution in [1.82, 2.24) is 5.32 Å². The van der Waals surface area contributed by atoms with Gasteiger partial charge < -0.3 is 10.4 Å². The van der Waals surface area contributed by atoms with Gasteiger partial charge in [0.15, 0.2) is 0 Å². The van der Waals surface area contributed by atoms with Crippen LogP contribution in [0.2, 0.25) is 0 Å². The van der Waals surface area contributed by atoms with Crippen LogP contribution >= 0.6 is 15.9 Å². The van der Waals surface area contributed by atoms with E-state index < -0.39 is 23.2 Å². The predicted octanol–water partition coefficient (Wildman–Crippen LogP) is 1.98. The second kappa shape index (κ2) is 6.12. The molecule has 0 fully saturated rings. The molecule has 0 spiro atoms. The number of amides is 1. The number of nitrogens with one attached hydrogen (secondary N) is 2. The van der Waals surface area contributed by atoms with Gasteiger partial charge in [0, 0.05) is 4.47 Å². The Labute approximate surface area is 118 Å². The van der Waals surface area contributed by atoms with Gasteiger partial charge in [-0.3, -0.25) is 14.9 Å². The summed E-state index contributed by atoms with van der Waals surface area (Å²) in [5.74, 6) is -2.16. The maximum absolute atomic E-state index is 13.5. The van der Waals surface area contributed by atoms with Crippen molar-refractivity contribution in [2.75, 3.05) is 11.9 Å². The summed E-state index contributed by atoms with van der Waals surface area (Å²) in [7, 11) is 0. The quantitative estimate of drug-likeness (QED) is 0.770. The summed E-state index contributed by atoms with van der Waals surface area (Å²) in [5, 5.41) is 13.8. The predicted molar refractivity (Wildman–Crippen MR) is 72.4 cm³/mol. The summed E-state index contributed by atoms with van der Waals surface area (Å²) in [4.78, 5) is 22.4. The van der Waals surface area contributed by atoms with E-state index in [1.54, 1.807) is 6.07 Å². The standard InChI is InChI=1S/C12H14BrFN2O3/c1-12(2,11(18)19)15-6-10(17)16-9-4-3-7(13)5-8(9)14/h3-5,15H,6H2,1-2H3,(H,16,17)(H,18,19). The van der Waals surface area contributed by atoms with E-state index in [0.717, 1.165) is 0 Å². The van der Waals surface area contributed by atoms with E-state index >= 15 is 0 Å². The number of carbonyl (C=O) groups is 2. The summed E-state index contributed by atoms with van der Waals surface area (Å²) < 4.78 is 14.0. The monoisotopic (exact) mass is 332 g/mol. The first-order chi connectivity index (χ1) is 8.72. The van der Waals surface area contributed by atoms with Crippen LogP contribution in [0.5, 0.6) is 0 Å². The van der Waals surface area contributed by atoms with Gasteiger partial charge in [0.2, 0.25) is 5.91 Å². The summed E-state index contributed by atoms with van der Waals surface area (Å²) in [6.07, 6.45) is 0. The highest BCUT2D eigenvalue weighted by atomic mass is 79.9. The topological polar surface area (TPSA) is 78.4 Å². The Morgan fingerprint density at radius 1 is 1.42 bits per heavy atom. The first-order valence-corrected chi connectivity index (χ1v) is 6.25. The number of anilines is 1. The van der Waals surface area contributed by atoms with E-state index in [1.807, 2.05) is 0 Å². The lowest BCUT2D eigenvalue weighted by Crippen LogP contribution is -2.49. The van der Waals surface area contributed by atoms with Crippen LogP contribution in [0.15, 0.2) is 22.7 Å². The molecule has 0 aromatic heterocycles. The molecule has 0 saturated heterocycles. The van der Waals surface area contributed by atoms with Crippen LogP contribution in [0.4, 0.5) is 10.1 Å². The molecule has 0 atom stereocenters. The van der Waals surface area contributed by atoms with Crippen LogP contribution in [-0.4, -0.2) is 29.1 Å². The molecule has 19 heavy (non-hydrogen) atoms. The smallest absolute Gasteiger partial charge is 0.323 e. The van der Waals surface area contributed by atoms with Gasteiger partial charge in [0.1, 0.15) is 11.4 Å². The average molecular weight is 333 g/mol. The van der Waals surface area contributed by atoms with E-state index in [1.165, 1.54) is 26.0 Å². The summed E-state index contributed by atoms with van der Waals surface area (Å²) in [6.45, 7) is 2.64. The van der Waals surface area contributed by atoms with Gasteiger partial charge in [-0.25, -0.2) is 4.39 Å². The second-order valence-electron chi connectivity index (χ2n) is 4.46. The first kappa shape index (κ1) is 15.6. The lowest BCUT2D eigenvalue weighted by molar-refractivity contribution is -0.143. The molecule has 0 heterocycles. The fourth-order valence-corrected chi connectivity index (χ4v) is 1.50. The van der Waals surface area contributed by atoms with E-state index in [9.17, 15) is 14.0 Å². The summed E-state index contributed by atoms with van der Waals surface area (Å²) in [6, 6.07) is 4.23. The molecule has 1 aromatic carbocycles. The maximum atomic E-state index is 13.5. The normalized spacial score (nSPS) is 11.2. The van der Waals surface area contributed by atoms with E-state index in [0.29, 0.717) is 4.47 Å². The van der Waals surface area contributed by atoms with Crippen molar-refractivity contribution < 1.29 is 19.1 Å². The summed E-state index contributed by atoms with van der Waals surface area (Å²) in [5.41, 5.74) is -1.18. The van der Waals surface area contributed by atoms with Gasteiger partial charge >= 0.3 is 5.97 Å². The zero-order valence-electron chi connectivity index (χ0n) is 10.5. The zero-order chi connectivity index (χ0) is 14.6. The van der Waals surface area contributed by atoms with Crippen molar-refractivity contribution in [2.24, 2.45) is 0 Å². The molecule has 1 aromatic rings. The Kier molecular flexibility index (Phi) is 5.02. The molecular formula is C12H14BrFN2O3. The average Bonchev–Trinajstić information content (AvgIpc) is 2.30. The minimum atomic E-state index is -1.23. The highest BCUT2D eigenvalue weighted by Crippen LogP contribution is 2.19. The van der Waals surface area contributed by atoms with Crippen LogP contribution in [-0.2, 0) is 9.59 Å². The van der Waals surface area contributed by atoms with Crippen LogP contribution < -0.4 is 10.6 Å². The minimum absolute atomic E-state index is 0.0446. The molecular weight excluding hydrogens is 319 g/mol. The van der Waals surface area contributed by atoms with Crippen molar-refractivity contribution >= 4 is 33.5 Å². The molecule has 7 heteroatoms. The lowest BCUT2D eigenvalue weighted by Gasteiger charge is -2.20. The molecule has 1 rings (SSSR count). The van der Waals surface area contributed by atoms with Gasteiger partial charge in [0.25, 0.3) is 0 Å². The van der Waals surface area contributed by atoms with Crippen LogP contribution in [0.25, 0.3) is 0 Å². The van der Waals surface area contributed by atoms with Crippen LogP contribution in [0.3, 0.4) is 0 Å². The first-order valence-electron chi connectivity index (χ1n) is 5.45. The molecule has 5 nitrogen and oxygen atoms in total. The Morgan fingerprint density at radius 2 is 2.05 bits per heavy atom. The number of carboxylic acids is 1. The Bertz CT molecular complexity index is 506. The molecule has 0 aliphatic heterocycles. The number of halogens is 2. The third kappa shape index (κ3) is 4.60. The molecule has 3 N–H and O–H groups in total. The zero-order valence-corrected chi connectivity index (χ0v) is 12.0. The van der Waals surface area contributed by atoms with Gasteiger partial charge in [-0.05, 0) is 32.0 Å². The minimum Gasteiger partial charge on any atom is -0.480 e. The Balaban J connectivity index is 2.59. The molecule has 104 valence electrons. The van der Waals surface area contributed by atoms with Gasteiger partial charge in [0.05, 0.1) is 12.2 Å². The van der Waals surface area contributed by atoms with Crippen molar-refractivity contribution in [3.63, 3.8) is 0 Å². The SMILES string of the molecule is CC(C)(NCC(=O)Nc1ccc(Br)cc1F)C(=O)O. The van der Waals surface area contributed by atoms with E-state index in [-0.39, 0.29) is 12.2 Å². The molecule has 0 radical (unpaired) electrons. The number of aliphatic carboxylic acids is 1. The molecule has 0 saturated carbocycles. The largest absolute Gasteiger partial charge is 0.480 e. The van der Waals surface area contributed by atoms with Gasteiger partial charge in [-0.15, -0.1) is 0 Å². The highest BCUT2D eigenvalue weighted by molar-refractivity contribution is 9.10. The molecule has 0 aliphatic carbocycles. The molecule has 0 aliphatic rings. The summed E-state index contributed by atoms with van der Waals surface area (Å²) >= 11 is 3.10. The maximum Gasteiger partial charge on any atom is 0.323 e. The second-order valence-corrected chi connectivity index (χ2v) is 5.37. The highest BCUT2D eigenvalue weighted by Gasteiger charge is 2.26. The third-order valence-electron chi connectivity index (χ3n) is 2.43. The number of hydrogen-bond donors (Lipinski definition) is 3. The molecule has 1 amide bonds. The van der Waals surface area contributed by atoms with Gasteiger partial charge in [-0.2, -0.15) is 0 Å². The van der Waals surface area contributed by atoms with E-state index in [2.05, 4.69) is 26.6 Å². The van der Waals surface area contributed by atoms with Crippen LogP contribution in [0.1, 0.15) is 13.8 Å². The number of hydrogen-bond acceptors (Lipinski definition) is 3.